The third-order valence-corrected chi connectivity index (χ3v) is 5.43. The van der Waals surface area contributed by atoms with Gasteiger partial charge in [0, 0.05) is 6.04 Å². The summed E-state index contributed by atoms with van der Waals surface area (Å²) in [5, 5.41) is 3.24. The highest BCUT2D eigenvalue weighted by atomic mass is 32.2. The number of hydrogen-bond acceptors (Lipinski definition) is 3. The standard InChI is InChI=1S/C15H24N2O2S/c1-3-12-5-6-15(11-13(12)4-2)20(18,19)17-14-7-9-16-10-8-14/h5-6,11,14,16-17H,3-4,7-10H2,1-2H3. The highest BCUT2D eigenvalue weighted by Crippen LogP contribution is 2.18. The van der Waals surface area contributed by atoms with Crippen molar-refractivity contribution in [1.82, 2.24) is 10.0 Å². The van der Waals surface area contributed by atoms with Gasteiger partial charge in [-0.2, -0.15) is 0 Å². The first kappa shape index (κ1) is 15.5. The van der Waals surface area contributed by atoms with Gasteiger partial charge in [-0.25, -0.2) is 13.1 Å². The molecule has 2 rings (SSSR count). The van der Waals surface area contributed by atoms with Gasteiger partial charge in [0.15, 0.2) is 0 Å². The smallest absolute Gasteiger partial charge is 0.240 e. The average Bonchev–Trinajstić information content (AvgIpc) is 2.47. The maximum atomic E-state index is 12.4. The van der Waals surface area contributed by atoms with Crippen LogP contribution in [0.4, 0.5) is 0 Å². The highest BCUT2D eigenvalue weighted by Gasteiger charge is 2.22. The van der Waals surface area contributed by atoms with E-state index in [1.54, 1.807) is 6.07 Å². The lowest BCUT2D eigenvalue weighted by atomic mass is 10.0. The fourth-order valence-electron chi connectivity index (χ4n) is 2.67. The summed E-state index contributed by atoms with van der Waals surface area (Å²) < 4.78 is 27.7. The van der Waals surface area contributed by atoms with Gasteiger partial charge in [-0.3, -0.25) is 0 Å². The molecule has 1 saturated heterocycles. The van der Waals surface area contributed by atoms with E-state index in [4.69, 9.17) is 0 Å². The second-order valence-corrected chi connectivity index (χ2v) is 7.00. The van der Waals surface area contributed by atoms with Crippen LogP contribution in [0.1, 0.15) is 37.8 Å². The van der Waals surface area contributed by atoms with E-state index in [2.05, 4.69) is 23.9 Å². The van der Waals surface area contributed by atoms with Crippen molar-refractivity contribution in [3.63, 3.8) is 0 Å². The molecule has 0 amide bonds. The van der Waals surface area contributed by atoms with E-state index in [0.717, 1.165) is 44.3 Å². The first-order valence-electron chi connectivity index (χ1n) is 7.41. The Kier molecular flexibility index (Phi) is 5.18. The summed E-state index contributed by atoms with van der Waals surface area (Å²) in [6, 6.07) is 5.54. The summed E-state index contributed by atoms with van der Waals surface area (Å²) in [6.07, 6.45) is 3.50. The molecule has 0 bridgehead atoms. The van der Waals surface area contributed by atoms with Crippen LogP contribution in [0.3, 0.4) is 0 Å². The topological polar surface area (TPSA) is 58.2 Å². The third-order valence-electron chi connectivity index (χ3n) is 3.91. The average molecular weight is 296 g/mol. The molecule has 1 aliphatic rings. The number of benzene rings is 1. The highest BCUT2D eigenvalue weighted by molar-refractivity contribution is 7.89. The van der Waals surface area contributed by atoms with Crippen molar-refractivity contribution >= 4 is 10.0 Å². The molecule has 112 valence electrons. The zero-order chi connectivity index (χ0) is 14.6. The van der Waals surface area contributed by atoms with Crippen LogP contribution in [0, 0.1) is 0 Å². The zero-order valence-electron chi connectivity index (χ0n) is 12.3. The van der Waals surface area contributed by atoms with E-state index >= 15 is 0 Å². The summed E-state index contributed by atoms with van der Waals surface area (Å²) in [7, 11) is -3.40. The SMILES string of the molecule is CCc1ccc(S(=O)(=O)NC2CCNCC2)cc1CC. The minimum absolute atomic E-state index is 0.0529. The van der Waals surface area contributed by atoms with Gasteiger partial charge in [0.05, 0.1) is 4.90 Å². The fourth-order valence-corrected chi connectivity index (χ4v) is 4.03. The lowest BCUT2D eigenvalue weighted by molar-refractivity contribution is 0.427. The Morgan fingerprint density at radius 3 is 2.40 bits per heavy atom. The van der Waals surface area contributed by atoms with E-state index in [9.17, 15) is 8.42 Å². The summed E-state index contributed by atoms with van der Waals surface area (Å²) >= 11 is 0. The van der Waals surface area contributed by atoms with Gasteiger partial charge in [-0.15, -0.1) is 0 Å². The van der Waals surface area contributed by atoms with Crippen LogP contribution in [0.25, 0.3) is 0 Å². The van der Waals surface area contributed by atoms with Crippen LogP contribution < -0.4 is 10.0 Å². The lowest BCUT2D eigenvalue weighted by Gasteiger charge is -2.23. The molecule has 0 unspecified atom stereocenters. The first-order valence-corrected chi connectivity index (χ1v) is 8.90. The molecular weight excluding hydrogens is 272 g/mol. The quantitative estimate of drug-likeness (QED) is 0.872. The summed E-state index contributed by atoms with van der Waals surface area (Å²) in [6.45, 7) is 5.91. The Balaban J connectivity index is 2.20. The number of hydrogen-bond donors (Lipinski definition) is 2. The predicted molar refractivity (Wildman–Crippen MR) is 81.4 cm³/mol. The molecule has 4 nitrogen and oxygen atoms in total. The maximum absolute atomic E-state index is 12.4. The van der Waals surface area contributed by atoms with Crippen molar-refractivity contribution in [1.29, 1.82) is 0 Å². The molecular formula is C15H24N2O2S. The molecule has 0 saturated carbocycles. The van der Waals surface area contributed by atoms with Gasteiger partial charge in [-0.1, -0.05) is 19.9 Å². The molecule has 1 aromatic carbocycles. The van der Waals surface area contributed by atoms with Crippen molar-refractivity contribution < 1.29 is 8.42 Å². The first-order chi connectivity index (χ1) is 9.56. The minimum Gasteiger partial charge on any atom is -0.317 e. The van der Waals surface area contributed by atoms with E-state index in [0.29, 0.717) is 4.90 Å². The van der Waals surface area contributed by atoms with Crippen LogP contribution in [0.5, 0.6) is 0 Å². The molecule has 1 fully saturated rings. The molecule has 0 radical (unpaired) electrons. The van der Waals surface area contributed by atoms with Crippen molar-refractivity contribution in [3.05, 3.63) is 29.3 Å². The van der Waals surface area contributed by atoms with E-state index < -0.39 is 10.0 Å². The molecule has 5 heteroatoms. The van der Waals surface area contributed by atoms with Crippen molar-refractivity contribution in [2.75, 3.05) is 13.1 Å². The lowest BCUT2D eigenvalue weighted by Crippen LogP contribution is -2.42. The Labute approximate surface area is 122 Å². The molecule has 0 atom stereocenters. The molecule has 20 heavy (non-hydrogen) atoms. The van der Waals surface area contributed by atoms with Gasteiger partial charge in [0.1, 0.15) is 0 Å². The molecule has 0 aliphatic carbocycles. The molecule has 0 spiro atoms. The molecule has 1 aromatic rings. The normalized spacial score (nSPS) is 17.3. The Bertz CT molecular complexity index is 549. The van der Waals surface area contributed by atoms with E-state index in [1.165, 1.54) is 5.56 Å². The van der Waals surface area contributed by atoms with Gasteiger partial charge in [-0.05, 0) is 62.0 Å². The van der Waals surface area contributed by atoms with Crippen molar-refractivity contribution in [3.8, 4) is 0 Å². The molecule has 2 N–H and O–H groups in total. The Morgan fingerprint density at radius 2 is 1.80 bits per heavy atom. The molecule has 1 aliphatic heterocycles. The second kappa shape index (κ2) is 6.70. The predicted octanol–water partition coefficient (Wildman–Crippen LogP) is 1.84. The van der Waals surface area contributed by atoms with Crippen LogP contribution >= 0.6 is 0 Å². The summed E-state index contributed by atoms with van der Waals surface area (Å²) in [4.78, 5) is 0.394. The molecule has 0 aromatic heterocycles. The number of sulfonamides is 1. The Morgan fingerprint density at radius 1 is 1.15 bits per heavy atom. The van der Waals surface area contributed by atoms with Gasteiger partial charge in [0.25, 0.3) is 0 Å². The van der Waals surface area contributed by atoms with E-state index in [-0.39, 0.29) is 6.04 Å². The van der Waals surface area contributed by atoms with Crippen LogP contribution in [-0.4, -0.2) is 27.5 Å². The summed E-state index contributed by atoms with van der Waals surface area (Å²) in [5.74, 6) is 0. The van der Waals surface area contributed by atoms with Crippen molar-refractivity contribution in [2.45, 2.75) is 50.5 Å². The second-order valence-electron chi connectivity index (χ2n) is 5.28. The number of piperidine rings is 1. The number of nitrogens with one attached hydrogen (secondary N) is 2. The van der Waals surface area contributed by atoms with Crippen molar-refractivity contribution in [2.24, 2.45) is 0 Å². The number of aryl methyl sites for hydroxylation is 2. The maximum Gasteiger partial charge on any atom is 0.240 e. The molecule has 1 heterocycles. The van der Waals surface area contributed by atoms with Crippen LogP contribution in [0.15, 0.2) is 23.1 Å². The number of rotatable bonds is 5. The van der Waals surface area contributed by atoms with Crippen LogP contribution in [0.2, 0.25) is 0 Å². The fraction of sp³-hybridized carbons (Fsp3) is 0.600. The van der Waals surface area contributed by atoms with E-state index in [1.807, 2.05) is 12.1 Å². The van der Waals surface area contributed by atoms with Gasteiger partial charge >= 0.3 is 0 Å². The largest absolute Gasteiger partial charge is 0.317 e. The monoisotopic (exact) mass is 296 g/mol. The third kappa shape index (κ3) is 3.59. The van der Waals surface area contributed by atoms with Gasteiger partial charge < -0.3 is 5.32 Å². The minimum atomic E-state index is -3.40. The Hall–Kier alpha value is -0.910. The summed E-state index contributed by atoms with van der Waals surface area (Å²) in [5.41, 5.74) is 2.36. The zero-order valence-corrected chi connectivity index (χ0v) is 13.1. The van der Waals surface area contributed by atoms with Crippen LogP contribution in [-0.2, 0) is 22.9 Å². The van der Waals surface area contributed by atoms with Gasteiger partial charge in [0.2, 0.25) is 10.0 Å².